The average Bonchev–Trinajstić information content (AvgIpc) is 2.77. The van der Waals surface area contributed by atoms with Crippen LogP contribution in [0.1, 0.15) is 74.2 Å². The molecule has 1 saturated carbocycles. The van der Waals surface area contributed by atoms with Gasteiger partial charge in [-0.3, -0.25) is 9.59 Å². The van der Waals surface area contributed by atoms with E-state index < -0.39 is 5.54 Å². The number of aryl methyl sites for hydroxylation is 2. The maximum absolute atomic E-state index is 13.2. The number of carbonyl (C=O) groups is 2. The highest BCUT2D eigenvalue weighted by Crippen LogP contribution is 2.28. The molecule has 6 nitrogen and oxygen atoms in total. The van der Waals surface area contributed by atoms with Crippen molar-refractivity contribution in [3.63, 3.8) is 0 Å². The van der Waals surface area contributed by atoms with Gasteiger partial charge in [0.1, 0.15) is 12.4 Å². The SMILES string of the molecule is C=O.CCCCCn1c(=O)c(C(=O)NC2(CO)CCCCC2)cc2ccc(C)cc21. The van der Waals surface area contributed by atoms with E-state index in [2.05, 4.69) is 12.2 Å². The molecule has 1 aromatic carbocycles. The molecule has 3 rings (SSSR count). The molecule has 0 saturated heterocycles. The fourth-order valence-electron chi connectivity index (χ4n) is 4.25. The minimum atomic E-state index is -0.600. The second-order valence-corrected chi connectivity index (χ2v) is 8.24. The van der Waals surface area contributed by atoms with Gasteiger partial charge in [-0.05, 0) is 49.3 Å². The molecule has 1 amide bonds. The summed E-state index contributed by atoms with van der Waals surface area (Å²) in [6.07, 6.45) is 7.63. The van der Waals surface area contributed by atoms with Gasteiger partial charge in [-0.1, -0.05) is 51.2 Å². The lowest BCUT2D eigenvalue weighted by atomic mass is 9.82. The first-order valence-electron chi connectivity index (χ1n) is 10.9. The molecule has 30 heavy (non-hydrogen) atoms. The van der Waals surface area contributed by atoms with Crippen LogP contribution in [0.2, 0.25) is 0 Å². The maximum Gasteiger partial charge on any atom is 0.263 e. The number of aromatic nitrogens is 1. The number of pyridine rings is 1. The van der Waals surface area contributed by atoms with Gasteiger partial charge in [0.2, 0.25) is 0 Å². The number of hydrogen-bond acceptors (Lipinski definition) is 4. The van der Waals surface area contributed by atoms with Gasteiger partial charge in [0.25, 0.3) is 11.5 Å². The summed E-state index contributed by atoms with van der Waals surface area (Å²) in [5.41, 5.74) is 1.31. The number of aliphatic hydroxyl groups excluding tert-OH is 1. The Balaban J connectivity index is 0.00000155. The minimum Gasteiger partial charge on any atom is -0.394 e. The molecule has 0 radical (unpaired) electrons. The molecule has 0 spiro atoms. The Morgan fingerprint density at radius 2 is 1.87 bits per heavy atom. The maximum atomic E-state index is 13.2. The Labute approximate surface area is 178 Å². The lowest BCUT2D eigenvalue weighted by molar-refractivity contribution is -0.0980. The van der Waals surface area contributed by atoms with Crippen molar-refractivity contribution < 1.29 is 14.7 Å². The van der Waals surface area contributed by atoms with E-state index in [0.29, 0.717) is 6.54 Å². The lowest BCUT2D eigenvalue weighted by Gasteiger charge is -2.36. The van der Waals surface area contributed by atoms with Crippen molar-refractivity contribution in [2.24, 2.45) is 0 Å². The van der Waals surface area contributed by atoms with Crippen molar-refractivity contribution in [2.45, 2.75) is 77.3 Å². The van der Waals surface area contributed by atoms with Crippen LogP contribution in [0.5, 0.6) is 0 Å². The first kappa shape index (κ1) is 23.8. The molecule has 0 bridgehead atoms. The number of nitrogens with zero attached hydrogens (tertiary/aromatic N) is 1. The summed E-state index contributed by atoms with van der Waals surface area (Å²) in [6.45, 7) is 6.66. The Kier molecular flexibility index (Phi) is 8.78. The monoisotopic (exact) mass is 414 g/mol. The molecular formula is C24H34N2O4. The van der Waals surface area contributed by atoms with Crippen LogP contribution in [0, 0.1) is 6.92 Å². The largest absolute Gasteiger partial charge is 0.394 e. The molecule has 1 fully saturated rings. The third-order valence-electron chi connectivity index (χ3n) is 5.97. The van der Waals surface area contributed by atoms with E-state index in [9.17, 15) is 14.7 Å². The van der Waals surface area contributed by atoms with Gasteiger partial charge in [-0.15, -0.1) is 0 Å². The van der Waals surface area contributed by atoms with E-state index in [1.807, 2.05) is 31.9 Å². The third-order valence-corrected chi connectivity index (χ3v) is 5.97. The van der Waals surface area contributed by atoms with Gasteiger partial charge in [-0.25, -0.2) is 0 Å². The highest BCUT2D eigenvalue weighted by molar-refractivity contribution is 5.97. The summed E-state index contributed by atoms with van der Waals surface area (Å²) in [7, 11) is 0. The van der Waals surface area contributed by atoms with Crippen molar-refractivity contribution in [1.29, 1.82) is 0 Å². The smallest absolute Gasteiger partial charge is 0.263 e. The predicted molar refractivity (Wildman–Crippen MR) is 120 cm³/mol. The van der Waals surface area contributed by atoms with Crippen molar-refractivity contribution in [3.8, 4) is 0 Å². The molecule has 0 aliphatic heterocycles. The molecule has 0 unspecified atom stereocenters. The van der Waals surface area contributed by atoms with E-state index in [1.165, 1.54) is 0 Å². The zero-order chi connectivity index (χ0) is 22.1. The highest BCUT2D eigenvalue weighted by Gasteiger charge is 2.34. The first-order valence-corrected chi connectivity index (χ1v) is 10.9. The molecule has 0 atom stereocenters. The number of benzene rings is 1. The van der Waals surface area contributed by atoms with Crippen molar-refractivity contribution in [2.75, 3.05) is 6.61 Å². The Morgan fingerprint density at radius 3 is 2.50 bits per heavy atom. The number of unbranched alkanes of at least 4 members (excludes halogenated alkanes) is 2. The van der Waals surface area contributed by atoms with Crippen LogP contribution in [0.25, 0.3) is 10.9 Å². The molecule has 2 aromatic rings. The molecule has 1 aromatic heterocycles. The molecule has 6 heteroatoms. The number of aliphatic hydroxyl groups is 1. The number of nitrogens with one attached hydrogen (secondary N) is 1. The summed E-state index contributed by atoms with van der Waals surface area (Å²) in [6, 6.07) is 7.69. The number of rotatable bonds is 7. The van der Waals surface area contributed by atoms with Gasteiger partial charge in [0, 0.05) is 6.54 Å². The molecule has 2 N–H and O–H groups in total. The highest BCUT2D eigenvalue weighted by atomic mass is 16.3. The summed E-state index contributed by atoms with van der Waals surface area (Å²) in [4.78, 5) is 34.3. The van der Waals surface area contributed by atoms with Crippen molar-refractivity contribution >= 4 is 23.6 Å². The standard InChI is InChI=1S/C23H32N2O3.CH2O/c1-3-4-8-13-25-20-14-17(2)9-10-18(20)15-19(22(25)28)21(27)24-23(16-26)11-6-5-7-12-23;1-2/h9-10,14-15,26H,3-8,11-13,16H2,1-2H3,(H,24,27);1H2. The van der Waals surface area contributed by atoms with Gasteiger partial charge < -0.3 is 19.8 Å². The van der Waals surface area contributed by atoms with E-state index >= 15 is 0 Å². The fraction of sp³-hybridized carbons (Fsp3) is 0.542. The lowest BCUT2D eigenvalue weighted by Crippen LogP contribution is -2.53. The zero-order valence-electron chi connectivity index (χ0n) is 18.2. The summed E-state index contributed by atoms with van der Waals surface area (Å²) in [5.74, 6) is -0.368. The van der Waals surface area contributed by atoms with Crippen LogP contribution in [0.15, 0.2) is 29.1 Å². The summed E-state index contributed by atoms with van der Waals surface area (Å²) in [5, 5.41) is 13.8. The predicted octanol–water partition coefficient (Wildman–Crippen LogP) is 3.74. The molecule has 164 valence electrons. The second-order valence-electron chi connectivity index (χ2n) is 8.24. The summed E-state index contributed by atoms with van der Waals surface area (Å²) < 4.78 is 1.75. The number of fused-ring (bicyclic) bond motifs is 1. The topological polar surface area (TPSA) is 88.4 Å². The molecule has 1 aliphatic rings. The molecular weight excluding hydrogens is 380 g/mol. The zero-order valence-corrected chi connectivity index (χ0v) is 18.2. The van der Waals surface area contributed by atoms with Crippen LogP contribution in [0.4, 0.5) is 0 Å². The Morgan fingerprint density at radius 1 is 1.17 bits per heavy atom. The minimum absolute atomic E-state index is 0.0871. The van der Waals surface area contributed by atoms with Crippen molar-refractivity contribution in [3.05, 3.63) is 45.7 Å². The average molecular weight is 415 g/mol. The van der Waals surface area contributed by atoms with E-state index in [0.717, 1.165) is 67.8 Å². The van der Waals surface area contributed by atoms with E-state index in [-0.39, 0.29) is 23.6 Å². The number of amides is 1. The molecule has 1 heterocycles. The second kappa shape index (κ2) is 11.1. The number of hydrogen-bond donors (Lipinski definition) is 2. The van der Waals surface area contributed by atoms with Crippen LogP contribution >= 0.6 is 0 Å². The van der Waals surface area contributed by atoms with Gasteiger partial charge in [-0.2, -0.15) is 0 Å². The van der Waals surface area contributed by atoms with Gasteiger partial charge in [0.05, 0.1) is 17.7 Å². The van der Waals surface area contributed by atoms with Crippen LogP contribution in [0.3, 0.4) is 0 Å². The van der Waals surface area contributed by atoms with Crippen LogP contribution in [-0.2, 0) is 11.3 Å². The van der Waals surface area contributed by atoms with E-state index in [4.69, 9.17) is 4.79 Å². The van der Waals surface area contributed by atoms with Crippen molar-refractivity contribution in [1.82, 2.24) is 9.88 Å². The third kappa shape index (κ3) is 5.36. The Bertz CT molecular complexity index is 913. The number of carbonyl (C=O) groups excluding carboxylic acids is 2. The van der Waals surface area contributed by atoms with E-state index in [1.54, 1.807) is 10.6 Å². The normalized spacial score (nSPS) is 15.3. The van der Waals surface area contributed by atoms with Gasteiger partial charge >= 0.3 is 0 Å². The fourth-order valence-corrected chi connectivity index (χ4v) is 4.25. The van der Waals surface area contributed by atoms with Crippen LogP contribution in [-0.4, -0.2) is 34.5 Å². The van der Waals surface area contributed by atoms with Gasteiger partial charge in [0.15, 0.2) is 0 Å². The quantitative estimate of drug-likeness (QED) is 0.676. The Hall–Kier alpha value is -2.47. The first-order chi connectivity index (χ1) is 14.5. The molecule has 1 aliphatic carbocycles. The summed E-state index contributed by atoms with van der Waals surface area (Å²) >= 11 is 0. The van der Waals surface area contributed by atoms with Crippen LogP contribution < -0.4 is 10.9 Å².